The third-order valence-electron chi connectivity index (χ3n) is 3.86. The predicted octanol–water partition coefficient (Wildman–Crippen LogP) is 1.94. The van der Waals surface area contributed by atoms with Gasteiger partial charge in [-0.15, -0.1) is 0 Å². The molecular weight excluding hydrogens is 256 g/mol. The molecule has 1 aliphatic rings. The molecule has 1 aliphatic heterocycles. The number of nitrogens with one attached hydrogen (secondary N) is 1. The van der Waals surface area contributed by atoms with Gasteiger partial charge in [0.05, 0.1) is 4.92 Å². The van der Waals surface area contributed by atoms with Crippen LogP contribution in [0.1, 0.15) is 6.42 Å². The van der Waals surface area contributed by atoms with Crippen LogP contribution >= 0.6 is 0 Å². The van der Waals surface area contributed by atoms with Crippen LogP contribution in [0.25, 0.3) is 10.9 Å². The third-order valence-corrected chi connectivity index (χ3v) is 3.86. The van der Waals surface area contributed by atoms with Gasteiger partial charge < -0.3 is 10.2 Å². The van der Waals surface area contributed by atoms with Crippen LogP contribution in [-0.2, 0) is 0 Å². The fourth-order valence-corrected chi connectivity index (χ4v) is 2.78. The number of pyridine rings is 1. The average Bonchev–Trinajstić information content (AvgIpc) is 2.94. The van der Waals surface area contributed by atoms with Crippen molar-refractivity contribution < 1.29 is 4.92 Å². The number of rotatable bonds is 3. The number of anilines is 1. The molecule has 0 amide bonds. The van der Waals surface area contributed by atoms with Crippen LogP contribution in [0.2, 0.25) is 0 Å². The molecule has 0 spiro atoms. The molecule has 2 aromatic rings. The highest BCUT2D eigenvalue weighted by atomic mass is 16.6. The molecule has 104 valence electrons. The highest BCUT2D eigenvalue weighted by molar-refractivity contribution is 5.97. The van der Waals surface area contributed by atoms with Gasteiger partial charge in [-0.25, -0.2) is 4.98 Å². The van der Waals surface area contributed by atoms with Crippen molar-refractivity contribution in [3.8, 4) is 0 Å². The number of fused-ring (bicyclic) bond motifs is 1. The van der Waals surface area contributed by atoms with Crippen molar-refractivity contribution in [2.75, 3.05) is 25.0 Å². The summed E-state index contributed by atoms with van der Waals surface area (Å²) in [5.41, 5.74) is 1.55. The molecule has 1 N–H and O–H groups in total. The Morgan fingerprint density at radius 2 is 2.30 bits per heavy atom. The standard InChI is InChI=1S/C14H16N4O2/c1-15-10-6-8-17(9-10)12-4-5-13(18(19)20)14-11(12)3-2-7-16-14/h2-5,7,10,15H,6,8-9H2,1H3. The summed E-state index contributed by atoms with van der Waals surface area (Å²) >= 11 is 0. The van der Waals surface area contributed by atoms with E-state index in [4.69, 9.17) is 0 Å². The Hall–Kier alpha value is -2.21. The second-order valence-electron chi connectivity index (χ2n) is 4.98. The minimum absolute atomic E-state index is 0.0636. The number of hydrogen-bond donors (Lipinski definition) is 1. The van der Waals surface area contributed by atoms with Crippen LogP contribution in [0, 0.1) is 10.1 Å². The monoisotopic (exact) mass is 272 g/mol. The van der Waals surface area contributed by atoms with Gasteiger partial charge in [-0.05, 0) is 31.7 Å². The number of likely N-dealkylation sites (N-methyl/N-ethyl adjacent to an activating group) is 1. The lowest BCUT2D eigenvalue weighted by molar-refractivity contribution is -0.383. The first-order valence-electron chi connectivity index (χ1n) is 6.65. The van der Waals surface area contributed by atoms with Crippen LogP contribution < -0.4 is 10.2 Å². The highest BCUT2D eigenvalue weighted by Crippen LogP contribution is 2.33. The zero-order valence-corrected chi connectivity index (χ0v) is 11.2. The molecular formula is C14H16N4O2. The Morgan fingerprint density at radius 1 is 1.45 bits per heavy atom. The maximum atomic E-state index is 11.1. The number of non-ortho nitro benzene ring substituents is 1. The summed E-state index contributed by atoms with van der Waals surface area (Å²) in [6.45, 7) is 1.87. The maximum absolute atomic E-state index is 11.1. The number of hydrogen-bond acceptors (Lipinski definition) is 5. The van der Waals surface area contributed by atoms with E-state index >= 15 is 0 Å². The first-order valence-corrected chi connectivity index (χ1v) is 6.65. The first-order chi connectivity index (χ1) is 9.70. The highest BCUT2D eigenvalue weighted by Gasteiger charge is 2.24. The minimum Gasteiger partial charge on any atom is -0.369 e. The molecule has 20 heavy (non-hydrogen) atoms. The first kappa shape index (κ1) is 12.8. The van der Waals surface area contributed by atoms with Crippen molar-refractivity contribution in [3.05, 3.63) is 40.6 Å². The van der Waals surface area contributed by atoms with Crippen molar-refractivity contribution in [3.63, 3.8) is 0 Å². The molecule has 2 heterocycles. The van der Waals surface area contributed by atoms with Gasteiger partial charge >= 0.3 is 0 Å². The van der Waals surface area contributed by atoms with E-state index in [1.807, 2.05) is 25.2 Å². The Labute approximate surface area is 116 Å². The lowest BCUT2D eigenvalue weighted by atomic mass is 10.1. The summed E-state index contributed by atoms with van der Waals surface area (Å²) < 4.78 is 0. The topological polar surface area (TPSA) is 71.3 Å². The van der Waals surface area contributed by atoms with Crippen molar-refractivity contribution >= 4 is 22.3 Å². The van der Waals surface area contributed by atoms with Gasteiger partial charge in [-0.3, -0.25) is 10.1 Å². The van der Waals surface area contributed by atoms with E-state index in [0.29, 0.717) is 11.6 Å². The summed E-state index contributed by atoms with van der Waals surface area (Å²) in [5.74, 6) is 0. The van der Waals surface area contributed by atoms with E-state index in [1.54, 1.807) is 12.3 Å². The lowest BCUT2D eigenvalue weighted by Crippen LogP contribution is -2.29. The second kappa shape index (κ2) is 5.05. The third kappa shape index (κ3) is 2.08. The molecule has 1 aromatic carbocycles. The van der Waals surface area contributed by atoms with Crippen molar-refractivity contribution in [2.45, 2.75) is 12.5 Å². The van der Waals surface area contributed by atoms with E-state index in [1.165, 1.54) is 0 Å². The molecule has 0 saturated carbocycles. The molecule has 6 nitrogen and oxygen atoms in total. The molecule has 1 atom stereocenters. The molecule has 1 aromatic heterocycles. The van der Waals surface area contributed by atoms with E-state index in [-0.39, 0.29) is 10.6 Å². The van der Waals surface area contributed by atoms with Gasteiger partial charge in [0.2, 0.25) is 0 Å². The molecule has 0 radical (unpaired) electrons. The van der Waals surface area contributed by atoms with Gasteiger partial charge in [0, 0.05) is 42.5 Å². The molecule has 6 heteroatoms. The SMILES string of the molecule is CNC1CCN(c2ccc([N+](=O)[O-])c3ncccc23)C1. The fraction of sp³-hybridized carbons (Fsp3) is 0.357. The molecule has 1 unspecified atom stereocenters. The molecule has 3 rings (SSSR count). The zero-order chi connectivity index (χ0) is 14.1. The van der Waals surface area contributed by atoms with Crippen LogP contribution in [0.4, 0.5) is 11.4 Å². The molecule has 0 bridgehead atoms. The quantitative estimate of drug-likeness (QED) is 0.683. The van der Waals surface area contributed by atoms with Crippen molar-refractivity contribution in [1.29, 1.82) is 0 Å². The molecule has 1 fully saturated rings. The smallest absolute Gasteiger partial charge is 0.295 e. The lowest BCUT2D eigenvalue weighted by Gasteiger charge is -2.20. The average molecular weight is 272 g/mol. The van der Waals surface area contributed by atoms with Gasteiger partial charge in [0.25, 0.3) is 5.69 Å². The summed E-state index contributed by atoms with van der Waals surface area (Å²) in [6.07, 6.45) is 2.68. The second-order valence-corrected chi connectivity index (χ2v) is 4.98. The summed E-state index contributed by atoms with van der Waals surface area (Å²) in [6, 6.07) is 7.58. The normalized spacial score (nSPS) is 18.6. The van der Waals surface area contributed by atoms with Crippen molar-refractivity contribution in [2.24, 2.45) is 0 Å². The van der Waals surface area contributed by atoms with Crippen molar-refractivity contribution in [1.82, 2.24) is 10.3 Å². The van der Waals surface area contributed by atoms with Gasteiger partial charge in [-0.2, -0.15) is 0 Å². The Kier molecular flexibility index (Phi) is 3.23. The maximum Gasteiger partial charge on any atom is 0.295 e. The fourth-order valence-electron chi connectivity index (χ4n) is 2.78. The van der Waals surface area contributed by atoms with E-state index in [2.05, 4.69) is 15.2 Å². The molecule has 1 saturated heterocycles. The predicted molar refractivity (Wildman–Crippen MR) is 78.1 cm³/mol. The van der Waals surface area contributed by atoms with E-state index in [0.717, 1.165) is 30.6 Å². The Morgan fingerprint density at radius 3 is 3.00 bits per heavy atom. The summed E-state index contributed by atoms with van der Waals surface area (Å²) in [4.78, 5) is 17.2. The summed E-state index contributed by atoms with van der Waals surface area (Å²) in [7, 11) is 1.96. The van der Waals surface area contributed by atoms with Crippen LogP contribution in [0.5, 0.6) is 0 Å². The summed E-state index contributed by atoms with van der Waals surface area (Å²) in [5, 5.41) is 15.2. The number of nitrogens with zero attached hydrogens (tertiary/aromatic N) is 3. The largest absolute Gasteiger partial charge is 0.369 e. The number of nitro benzene ring substituents is 1. The Balaban J connectivity index is 2.09. The van der Waals surface area contributed by atoms with Gasteiger partial charge in [0.1, 0.15) is 5.52 Å². The van der Waals surface area contributed by atoms with Gasteiger partial charge in [0.15, 0.2) is 0 Å². The van der Waals surface area contributed by atoms with E-state index in [9.17, 15) is 10.1 Å². The van der Waals surface area contributed by atoms with E-state index < -0.39 is 0 Å². The zero-order valence-electron chi connectivity index (χ0n) is 11.2. The number of benzene rings is 1. The van der Waals surface area contributed by atoms with Gasteiger partial charge in [-0.1, -0.05) is 0 Å². The number of aromatic nitrogens is 1. The number of nitro groups is 1. The van der Waals surface area contributed by atoms with Crippen LogP contribution in [0.15, 0.2) is 30.5 Å². The minimum atomic E-state index is -0.375. The van der Waals surface area contributed by atoms with Crippen LogP contribution in [-0.4, -0.2) is 36.1 Å². The molecule has 0 aliphatic carbocycles. The Bertz CT molecular complexity index is 659. The van der Waals surface area contributed by atoms with Crippen LogP contribution in [0.3, 0.4) is 0 Å².